The maximum atomic E-state index is 12.9. The van der Waals surface area contributed by atoms with Crippen molar-refractivity contribution in [2.75, 3.05) is 5.32 Å². The first-order valence-corrected chi connectivity index (χ1v) is 9.07. The van der Waals surface area contributed by atoms with Crippen LogP contribution < -0.4 is 10.9 Å². The molecule has 0 spiro atoms. The van der Waals surface area contributed by atoms with Crippen LogP contribution in [0.15, 0.2) is 71.5 Å². The van der Waals surface area contributed by atoms with Crippen LogP contribution in [0.3, 0.4) is 0 Å². The summed E-state index contributed by atoms with van der Waals surface area (Å²) in [4.78, 5) is 17.5. The Kier molecular flexibility index (Phi) is 4.60. The van der Waals surface area contributed by atoms with E-state index >= 15 is 0 Å². The third kappa shape index (κ3) is 3.29. The lowest BCUT2D eigenvalue weighted by Crippen LogP contribution is -2.20. The highest BCUT2D eigenvalue weighted by atomic mass is 35.5. The van der Waals surface area contributed by atoms with Crippen LogP contribution in [-0.4, -0.2) is 9.55 Å². The summed E-state index contributed by atoms with van der Waals surface area (Å²) in [6, 6.07) is 20.5. The molecule has 2 aromatic carbocycles. The summed E-state index contributed by atoms with van der Waals surface area (Å²) in [5, 5.41) is 4.94. The molecule has 27 heavy (non-hydrogen) atoms. The van der Waals surface area contributed by atoms with Gasteiger partial charge in [-0.05, 0) is 42.5 Å². The Bertz CT molecular complexity index is 1180. The molecule has 134 valence electrons. The fraction of sp³-hybridized carbons (Fsp3) is 0.0476. The summed E-state index contributed by atoms with van der Waals surface area (Å²) in [6.07, 6.45) is 0. The third-order valence-corrected chi connectivity index (χ3v) is 4.97. The first-order chi connectivity index (χ1) is 13.0. The van der Waals surface area contributed by atoms with E-state index in [1.54, 1.807) is 31.3 Å². The summed E-state index contributed by atoms with van der Waals surface area (Å²) < 4.78 is 1.51. The molecule has 0 saturated heterocycles. The molecule has 1 N–H and O–H groups in total. The van der Waals surface area contributed by atoms with Gasteiger partial charge in [0.25, 0.3) is 5.56 Å². The van der Waals surface area contributed by atoms with E-state index in [1.807, 2.05) is 42.5 Å². The molecule has 0 aliphatic rings. The third-order valence-electron chi connectivity index (χ3n) is 4.34. The van der Waals surface area contributed by atoms with Gasteiger partial charge in [0.05, 0.1) is 15.6 Å². The van der Waals surface area contributed by atoms with Crippen LogP contribution in [0.1, 0.15) is 0 Å². The number of aryl methyl sites for hydroxylation is 1. The van der Waals surface area contributed by atoms with Crippen LogP contribution in [-0.2, 0) is 7.05 Å². The average Bonchev–Trinajstić information content (AvgIpc) is 2.67. The van der Waals surface area contributed by atoms with E-state index in [9.17, 15) is 4.79 Å². The Morgan fingerprint density at radius 1 is 0.926 bits per heavy atom. The van der Waals surface area contributed by atoms with Gasteiger partial charge in [-0.2, -0.15) is 0 Å². The quantitative estimate of drug-likeness (QED) is 0.487. The monoisotopic (exact) mass is 395 g/mol. The number of rotatable bonds is 3. The average molecular weight is 396 g/mol. The summed E-state index contributed by atoms with van der Waals surface area (Å²) in [5.41, 5.74) is 2.28. The van der Waals surface area contributed by atoms with Crippen molar-refractivity contribution in [1.82, 2.24) is 9.55 Å². The number of hydrogen-bond donors (Lipinski definition) is 1. The number of benzene rings is 2. The molecule has 2 heterocycles. The minimum absolute atomic E-state index is 0.207. The molecule has 4 aromatic rings. The van der Waals surface area contributed by atoms with Crippen LogP contribution >= 0.6 is 23.2 Å². The zero-order valence-electron chi connectivity index (χ0n) is 14.4. The molecule has 0 fully saturated rings. The zero-order chi connectivity index (χ0) is 19.0. The van der Waals surface area contributed by atoms with Crippen LogP contribution in [0.5, 0.6) is 0 Å². The van der Waals surface area contributed by atoms with Gasteiger partial charge in [-0.15, -0.1) is 0 Å². The van der Waals surface area contributed by atoms with E-state index in [0.29, 0.717) is 32.6 Å². The van der Waals surface area contributed by atoms with Crippen molar-refractivity contribution in [3.05, 3.63) is 87.1 Å². The zero-order valence-corrected chi connectivity index (χ0v) is 15.9. The van der Waals surface area contributed by atoms with Crippen molar-refractivity contribution in [2.45, 2.75) is 0 Å². The summed E-state index contributed by atoms with van der Waals surface area (Å²) in [7, 11) is 1.69. The molecule has 4 nitrogen and oxygen atoms in total. The Morgan fingerprint density at radius 3 is 2.33 bits per heavy atom. The fourth-order valence-corrected chi connectivity index (χ4v) is 3.61. The van der Waals surface area contributed by atoms with Crippen molar-refractivity contribution in [1.29, 1.82) is 0 Å². The van der Waals surface area contributed by atoms with Crippen molar-refractivity contribution in [3.63, 3.8) is 0 Å². The molecule has 2 aromatic heterocycles. The van der Waals surface area contributed by atoms with Gasteiger partial charge in [0.1, 0.15) is 11.5 Å². The number of hydrogen-bond acceptors (Lipinski definition) is 3. The van der Waals surface area contributed by atoms with Crippen LogP contribution in [0, 0.1) is 0 Å². The molecule has 6 heteroatoms. The molecule has 0 unspecified atom stereocenters. The number of nitrogens with one attached hydrogen (secondary N) is 1. The maximum absolute atomic E-state index is 12.9. The fourth-order valence-electron chi connectivity index (χ4n) is 3.01. The topological polar surface area (TPSA) is 46.9 Å². The van der Waals surface area contributed by atoms with E-state index in [-0.39, 0.29) is 5.56 Å². The van der Waals surface area contributed by atoms with Gasteiger partial charge in [-0.1, -0.05) is 47.5 Å². The lowest BCUT2D eigenvalue weighted by molar-refractivity contribution is 0.891. The normalized spacial score (nSPS) is 10.9. The number of fused-ring (bicyclic) bond motifs is 1. The molecule has 0 bridgehead atoms. The number of halogens is 2. The highest BCUT2D eigenvalue weighted by molar-refractivity contribution is 6.39. The number of pyridine rings is 2. The summed E-state index contributed by atoms with van der Waals surface area (Å²) in [6.45, 7) is 0. The molecule has 0 amide bonds. The Hall–Kier alpha value is -2.82. The smallest absolute Gasteiger partial charge is 0.259 e. The number of para-hydroxylation sites is 1. The van der Waals surface area contributed by atoms with Crippen molar-refractivity contribution < 1.29 is 0 Å². The van der Waals surface area contributed by atoms with Crippen LogP contribution in [0.2, 0.25) is 10.0 Å². The largest absolute Gasteiger partial charge is 0.340 e. The Labute approximate surface area is 166 Å². The molecule has 0 saturated carbocycles. The van der Waals surface area contributed by atoms with Crippen molar-refractivity contribution in [2.24, 2.45) is 7.05 Å². The van der Waals surface area contributed by atoms with E-state index in [4.69, 9.17) is 23.2 Å². The number of anilines is 2. The van der Waals surface area contributed by atoms with Crippen molar-refractivity contribution in [3.8, 4) is 11.1 Å². The van der Waals surface area contributed by atoms with Gasteiger partial charge >= 0.3 is 0 Å². The minimum Gasteiger partial charge on any atom is -0.340 e. The SMILES string of the molecule is Cn1c(=O)c(-c2c(Cl)cccc2Cl)cc2ccc(Nc3ccccc3)nc21. The summed E-state index contributed by atoms with van der Waals surface area (Å²) in [5.74, 6) is 0.659. The van der Waals surface area contributed by atoms with Crippen LogP contribution in [0.25, 0.3) is 22.2 Å². The van der Waals surface area contributed by atoms with Crippen LogP contribution in [0.4, 0.5) is 11.5 Å². The Morgan fingerprint density at radius 2 is 1.63 bits per heavy atom. The highest BCUT2D eigenvalue weighted by Gasteiger charge is 2.15. The van der Waals surface area contributed by atoms with Gasteiger partial charge in [-0.3, -0.25) is 9.36 Å². The second-order valence-electron chi connectivity index (χ2n) is 6.12. The predicted octanol–water partition coefficient (Wildman–Crippen LogP) is 5.65. The first-order valence-electron chi connectivity index (χ1n) is 8.32. The Balaban J connectivity index is 1.86. The van der Waals surface area contributed by atoms with E-state index in [2.05, 4.69) is 10.3 Å². The van der Waals surface area contributed by atoms with Gasteiger partial charge in [0.15, 0.2) is 0 Å². The molecule has 4 rings (SSSR count). The van der Waals surface area contributed by atoms with Gasteiger partial charge < -0.3 is 5.32 Å². The van der Waals surface area contributed by atoms with E-state index in [0.717, 1.165) is 11.1 Å². The van der Waals surface area contributed by atoms with Crippen molar-refractivity contribution >= 4 is 45.7 Å². The minimum atomic E-state index is -0.207. The second kappa shape index (κ2) is 7.06. The molecular weight excluding hydrogens is 381 g/mol. The van der Waals surface area contributed by atoms with Gasteiger partial charge in [0.2, 0.25) is 0 Å². The van der Waals surface area contributed by atoms with E-state index < -0.39 is 0 Å². The number of aromatic nitrogens is 2. The van der Waals surface area contributed by atoms with E-state index in [1.165, 1.54) is 4.57 Å². The lowest BCUT2D eigenvalue weighted by atomic mass is 10.1. The predicted molar refractivity (Wildman–Crippen MR) is 112 cm³/mol. The molecule has 0 radical (unpaired) electrons. The standard InChI is InChI=1S/C21H15Cl2N3O/c1-26-20-13(10-11-18(25-20)24-14-6-3-2-4-7-14)12-15(21(26)27)19-16(22)8-5-9-17(19)23/h2-12H,1H3,(H,24,25). The van der Waals surface area contributed by atoms with Gasteiger partial charge in [0, 0.05) is 23.7 Å². The number of nitrogens with zero attached hydrogens (tertiary/aromatic N) is 2. The first kappa shape index (κ1) is 17.6. The second-order valence-corrected chi connectivity index (χ2v) is 6.93. The summed E-state index contributed by atoms with van der Waals surface area (Å²) >= 11 is 12.6. The molecule has 0 aliphatic heterocycles. The molecule has 0 atom stereocenters. The molecular formula is C21H15Cl2N3O. The maximum Gasteiger partial charge on any atom is 0.259 e. The highest BCUT2D eigenvalue weighted by Crippen LogP contribution is 2.33. The lowest BCUT2D eigenvalue weighted by Gasteiger charge is -2.12. The van der Waals surface area contributed by atoms with Gasteiger partial charge in [-0.25, -0.2) is 4.98 Å². The molecule has 0 aliphatic carbocycles.